The topological polar surface area (TPSA) is 9.23 Å². The van der Waals surface area contributed by atoms with Crippen molar-refractivity contribution < 1.29 is 9.13 Å². The van der Waals surface area contributed by atoms with E-state index in [1.807, 2.05) is 6.08 Å². The van der Waals surface area contributed by atoms with Gasteiger partial charge in [0.2, 0.25) is 4.77 Å². The van der Waals surface area contributed by atoms with E-state index in [0.717, 1.165) is 18.1 Å². The van der Waals surface area contributed by atoms with Gasteiger partial charge in [-0.1, -0.05) is 32.2 Å². The second-order valence-electron chi connectivity index (χ2n) is 3.58. The van der Waals surface area contributed by atoms with Gasteiger partial charge in [-0.2, -0.15) is 0 Å². The fourth-order valence-corrected chi connectivity index (χ4v) is 3.37. The maximum Gasteiger partial charge on any atom is 0.255 e. The highest BCUT2D eigenvalue weighted by Gasteiger charge is 2.20. The summed E-state index contributed by atoms with van der Waals surface area (Å²) in [5.41, 5.74) is 0.757. The van der Waals surface area contributed by atoms with Gasteiger partial charge < -0.3 is 4.74 Å². The van der Waals surface area contributed by atoms with Gasteiger partial charge in [0.1, 0.15) is 6.16 Å². The van der Waals surface area contributed by atoms with Crippen LogP contribution in [-0.4, -0.2) is 18.2 Å². The van der Waals surface area contributed by atoms with Gasteiger partial charge in [0.15, 0.2) is 7.55 Å². The molecule has 0 bridgehead atoms. The number of allylic oxidation sites excluding steroid dienone is 2. The lowest BCUT2D eigenvalue weighted by Crippen LogP contribution is -2.04. The summed E-state index contributed by atoms with van der Waals surface area (Å²) in [6.45, 7) is 12.9. The Morgan fingerprint density at radius 2 is 2.11 bits per heavy atom. The molecule has 0 radical (unpaired) electrons. The zero-order chi connectivity index (χ0) is 14.0. The van der Waals surface area contributed by atoms with E-state index in [4.69, 9.17) is 16.3 Å². The molecule has 100 valence electrons. The zero-order valence-corrected chi connectivity index (χ0v) is 12.4. The van der Waals surface area contributed by atoms with Gasteiger partial charge in [-0.15, -0.1) is 0 Å². The number of rotatable bonds is 9. The molecule has 1 unspecified atom stereocenters. The Morgan fingerprint density at radius 3 is 2.56 bits per heavy atom. The minimum atomic E-state index is -0.747. The summed E-state index contributed by atoms with van der Waals surface area (Å²) in [4.78, 5) is 0. The fourth-order valence-electron chi connectivity index (χ4n) is 1.21. The zero-order valence-electron chi connectivity index (χ0n) is 10.8. The highest BCUT2D eigenvalue weighted by atomic mass is 35.5. The van der Waals surface area contributed by atoms with E-state index in [2.05, 4.69) is 26.7 Å². The predicted molar refractivity (Wildman–Crippen MR) is 82.2 cm³/mol. The Balaban J connectivity index is 4.96. The van der Waals surface area contributed by atoms with E-state index in [9.17, 15) is 4.39 Å². The van der Waals surface area contributed by atoms with Crippen LogP contribution in [0.1, 0.15) is 19.8 Å². The smallest absolute Gasteiger partial charge is 0.255 e. The van der Waals surface area contributed by atoms with Crippen LogP contribution in [0.4, 0.5) is 4.39 Å². The van der Waals surface area contributed by atoms with Crippen LogP contribution in [0.2, 0.25) is 0 Å². The minimum Gasteiger partial charge on any atom is -0.310 e. The lowest BCUT2D eigenvalue weighted by molar-refractivity contribution is 0.308. The highest BCUT2D eigenvalue weighted by Crippen LogP contribution is 2.38. The second-order valence-corrected chi connectivity index (χ2v) is 6.58. The standard InChI is InChI=1S/C14H20ClFOP/c1-5-7-8-14(17-10-9-12(3)16)18(11-6-2)13(4)15/h5,7-8H,1,3-4,6,9-11H2,2H3/q+1/b8-7-. The van der Waals surface area contributed by atoms with E-state index < -0.39 is 7.55 Å². The molecule has 0 saturated heterocycles. The van der Waals surface area contributed by atoms with Crippen LogP contribution >= 0.6 is 19.1 Å². The summed E-state index contributed by atoms with van der Waals surface area (Å²) in [7, 11) is -0.747. The van der Waals surface area contributed by atoms with Crippen molar-refractivity contribution in [2.24, 2.45) is 0 Å². The Kier molecular flexibility index (Phi) is 9.86. The van der Waals surface area contributed by atoms with Crippen LogP contribution < -0.4 is 0 Å². The monoisotopic (exact) mass is 289 g/mol. The normalized spacial score (nSPS) is 12.4. The van der Waals surface area contributed by atoms with E-state index in [-0.39, 0.29) is 18.9 Å². The lowest BCUT2D eigenvalue weighted by atomic mass is 10.4. The van der Waals surface area contributed by atoms with E-state index in [1.165, 1.54) is 0 Å². The van der Waals surface area contributed by atoms with Gasteiger partial charge in [-0.05, 0) is 24.6 Å². The molecule has 0 aromatic carbocycles. The molecular formula is C14H20ClFOP+. The molecule has 0 saturated carbocycles. The van der Waals surface area contributed by atoms with Crippen LogP contribution in [0.5, 0.6) is 0 Å². The molecule has 0 aromatic heterocycles. The molecule has 0 rings (SSSR count). The number of hydrogen-bond donors (Lipinski definition) is 0. The van der Waals surface area contributed by atoms with Gasteiger partial charge in [-0.25, -0.2) is 4.39 Å². The van der Waals surface area contributed by atoms with E-state index >= 15 is 0 Å². The molecule has 0 aliphatic heterocycles. The highest BCUT2D eigenvalue weighted by molar-refractivity contribution is 7.65. The summed E-state index contributed by atoms with van der Waals surface area (Å²) in [5.74, 6) is -0.383. The molecule has 1 atom stereocenters. The van der Waals surface area contributed by atoms with Crippen molar-refractivity contribution in [3.05, 3.63) is 48.6 Å². The van der Waals surface area contributed by atoms with Crippen molar-refractivity contribution in [2.75, 3.05) is 12.8 Å². The summed E-state index contributed by atoms with van der Waals surface area (Å²) < 4.78 is 18.7. The molecule has 0 spiro atoms. The first-order valence-electron chi connectivity index (χ1n) is 5.77. The first-order chi connectivity index (χ1) is 8.52. The summed E-state index contributed by atoms with van der Waals surface area (Å²) in [6.07, 6.45) is 7.35. The number of halogens is 2. The maximum absolute atomic E-state index is 12.6. The van der Waals surface area contributed by atoms with Gasteiger partial charge in [0.25, 0.3) is 5.48 Å². The van der Waals surface area contributed by atoms with E-state index in [1.54, 1.807) is 12.2 Å². The van der Waals surface area contributed by atoms with Crippen molar-refractivity contribution in [2.45, 2.75) is 19.8 Å². The number of hydrogen-bond acceptors (Lipinski definition) is 1. The first kappa shape index (κ1) is 17.3. The molecule has 0 aromatic rings. The Morgan fingerprint density at radius 1 is 1.44 bits per heavy atom. The molecular weight excluding hydrogens is 270 g/mol. The first-order valence-corrected chi connectivity index (χ1v) is 7.67. The third kappa shape index (κ3) is 7.60. The van der Waals surface area contributed by atoms with Crippen LogP contribution in [0, 0.1) is 0 Å². The van der Waals surface area contributed by atoms with Crippen molar-refractivity contribution in [3.8, 4) is 0 Å². The number of ether oxygens (including phenoxy) is 1. The van der Waals surface area contributed by atoms with Crippen molar-refractivity contribution in [3.63, 3.8) is 0 Å². The summed E-state index contributed by atoms with van der Waals surface area (Å²) in [6, 6.07) is 0. The van der Waals surface area contributed by atoms with Gasteiger partial charge in [0, 0.05) is 12.5 Å². The fraction of sp³-hybridized carbons (Fsp3) is 0.357. The SMILES string of the molecule is C=C/C=C\C(OCCC(=C)F)=[P+](CCC)C(=C)Cl. The molecule has 0 fully saturated rings. The van der Waals surface area contributed by atoms with E-state index in [0.29, 0.717) is 4.77 Å². The van der Waals surface area contributed by atoms with Gasteiger partial charge >= 0.3 is 0 Å². The molecule has 0 N–H and O–H groups in total. The Labute approximate surface area is 115 Å². The molecule has 1 nitrogen and oxygen atoms in total. The largest absolute Gasteiger partial charge is 0.310 e. The predicted octanol–water partition coefficient (Wildman–Crippen LogP) is 5.35. The molecule has 0 heterocycles. The Hall–Kier alpha value is -0.690. The van der Waals surface area contributed by atoms with Crippen molar-refractivity contribution in [1.29, 1.82) is 0 Å². The quantitative estimate of drug-likeness (QED) is 0.411. The maximum atomic E-state index is 12.6. The molecule has 4 heteroatoms. The third-order valence-electron chi connectivity index (χ3n) is 2.00. The molecule has 18 heavy (non-hydrogen) atoms. The second kappa shape index (κ2) is 10.3. The van der Waals surface area contributed by atoms with Crippen LogP contribution in [-0.2, 0) is 4.74 Å². The third-order valence-corrected chi connectivity index (χ3v) is 4.91. The molecule has 0 amide bonds. The van der Waals surface area contributed by atoms with Crippen LogP contribution in [0.25, 0.3) is 0 Å². The van der Waals surface area contributed by atoms with Gasteiger partial charge in [0.05, 0.1) is 12.4 Å². The average Bonchev–Trinajstić information content (AvgIpc) is 2.30. The van der Waals surface area contributed by atoms with Crippen molar-refractivity contribution in [1.82, 2.24) is 0 Å². The minimum absolute atomic E-state index is 0.190. The van der Waals surface area contributed by atoms with Crippen molar-refractivity contribution >= 4 is 24.6 Å². The Bertz CT molecular complexity index is 372. The van der Waals surface area contributed by atoms with Crippen LogP contribution in [0.15, 0.2) is 48.6 Å². The summed E-state index contributed by atoms with van der Waals surface area (Å²) in [5, 5.41) is 0. The van der Waals surface area contributed by atoms with Gasteiger partial charge in [-0.3, -0.25) is 0 Å². The van der Waals surface area contributed by atoms with Crippen LogP contribution in [0.3, 0.4) is 0 Å². The molecule has 0 aliphatic rings. The average molecular weight is 290 g/mol. The summed E-state index contributed by atoms with van der Waals surface area (Å²) >= 11 is 6.02. The molecule has 0 aliphatic carbocycles. The lowest BCUT2D eigenvalue weighted by Gasteiger charge is -2.02.